The van der Waals surface area contributed by atoms with Crippen LogP contribution in [0.5, 0.6) is 0 Å². The van der Waals surface area contributed by atoms with Gasteiger partial charge < -0.3 is 10.6 Å². The molecule has 0 unspecified atom stereocenters. The molecule has 1 aliphatic heterocycles. The Balaban J connectivity index is 1.22. The molecule has 0 radical (unpaired) electrons. The molecule has 34 heavy (non-hydrogen) atoms. The van der Waals surface area contributed by atoms with E-state index in [0.717, 1.165) is 19.3 Å². The van der Waals surface area contributed by atoms with Crippen molar-refractivity contribution in [2.24, 2.45) is 23.2 Å². The van der Waals surface area contributed by atoms with Crippen LogP contribution in [0.1, 0.15) is 58.3 Å². The fraction of sp³-hybridized carbons (Fsp3) is 0.615. The minimum atomic E-state index is -3.64. The van der Waals surface area contributed by atoms with E-state index in [0.29, 0.717) is 49.4 Å². The van der Waals surface area contributed by atoms with Crippen molar-refractivity contribution in [3.8, 4) is 0 Å². The lowest BCUT2D eigenvalue weighted by molar-refractivity contribution is -0.140. The van der Waals surface area contributed by atoms with Gasteiger partial charge in [-0.1, -0.05) is 6.58 Å². The Labute approximate surface area is 202 Å². The molecular weight excluding hydrogens is 450 g/mol. The number of amides is 2. The van der Waals surface area contributed by atoms with Crippen molar-refractivity contribution in [1.82, 2.24) is 9.62 Å². The Bertz CT molecular complexity index is 1050. The summed E-state index contributed by atoms with van der Waals surface area (Å²) in [6.07, 6.45) is 9.16. The predicted octanol–water partition coefficient (Wildman–Crippen LogP) is 3.69. The standard InChI is InChI=1S/C26H35N3O4S/c1-3-23(30)28-25(2)8-10-29(11-9-25)34(32,33)22-6-4-21(5-7-22)27-24(31)26-15-18-12-19(16-26)14-20(13-18)17-26/h3-7,18-20H,1,8-17H2,2H3,(H,27,31)(H,28,30). The van der Waals surface area contributed by atoms with Crippen LogP contribution in [0.2, 0.25) is 0 Å². The highest BCUT2D eigenvalue weighted by Crippen LogP contribution is 2.60. The monoisotopic (exact) mass is 485 g/mol. The summed E-state index contributed by atoms with van der Waals surface area (Å²) in [6.45, 7) is 6.08. The molecule has 8 heteroatoms. The maximum atomic E-state index is 13.3. The largest absolute Gasteiger partial charge is 0.347 e. The number of sulfonamides is 1. The van der Waals surface area contributed by atoms with Crippen LogP contribution in [0, 0.1) is 23.2 Å². The van der Waals surface area contributed by atoms with E-state index in [9.17, 15) is 18.0 Å². The zero-order chi connectivity index (χ0) is 24.1. The molecule has 7 nitrogen and oxygen atoms in total. The van der Waals surface area contributed by atoms with Crippen LogP contribution in [-0.2, 0) is 19.6 Å². The first kappa shape index (κ1) is 23.5. The van der Waals surface area contributed by atoms with E-state index in [-0.39, 0.29) is 22.1 Å². The van der Waals surface area contributed by atoms with E-state index in [4.69, 9.17) is 0 Å². The number of carbonyl (C=O) groups is 2. The highest BCUT2D eigenvalue weighted by molar-refractivity contribution is 7.89. The number of carbonyl (C=O) groups excluding carboxylic acids is 2. The third-order valence-corrected chi connectivity index (χ3v) is 10.6. The van der Waals surface area contributed by atoms with E-state index in [1.54, 1.807) is 24.3 Å². The lowest BCUT2D eigenvalue weighted by atomic mass is 9.49. The number of hydrogen-bond acceptors (Lipinski definition) is 4. The summed E-state index contributed by atoms with van der Waals surface area (Å²) in [4.78, 5) is 25.2. The number of benzene rings is 1. The topological polar surface area (TPSA) is 95.6 Å². The third kappa shape index (κ3) is 4.31. The van der Waals surface area contributed by atoms with Crippen LogP contribution >= 0.6 is 0 Å². The first-order valence-corrected chi connectivity index (χ1v) is 13.9. The zero-order valence-corrected chi connectivity index (χ0v) is 20.7. The highest BCUT2D eigenvalue weighted by Gasteiger charge is 2.54. The van der Waals surface area contributed by atoms with Crippen molar-refractivity contribution in [1.29, 1.82) is 0 Å². The Morgan fingerprint density at radius 2 is 1.53 bits per heavy atom. The van der Waals surface area contributed by atoms with Crippen LogP contribution in [0.4, 0.5) is 5.69 Å². The van der Waals surface area contributed by atoms with E-state index in [1.807, 2.05) is 6.92 Å². The fourth-order valence-electron chi connectivity index (χ4n) is 7.21. The molecule has 5 aliphatic rings. The number of hydrogen-bond donors (Lipinski definition) is 2. The van der Waals surface area contributed by atoms with Crippen LogP contribution in [0.15, 0.2) is 41.8 Å². The minimum absolute atomic E-state index is 0.110. The van der Waals surface area contributed by atoms with Gasteiger partial charge in [0, 0.05) is 24.3 Å². The molecule has 0 aromatic heterocycles. The van der Waals surface area contributed by atoms with Gasteiger partial charge in [0.1, 0.15) is 0 Å². The SMILES string of the molecule is C=CC(=O)NC1(C)CCN(S(=O)(=O)c2ccc(NC(=O)C34CC5CC(CC(C5)C3)C4)cc2)CC1. The second-order valence-electron chi connectivity index (χ2n) is 11.3. The molecule has 1 aromatic carbocycles. The van der Waals surface area contributed by atoms with Gasteiger partial charge in [-0.05, 0) is 106 Å². The van der Waals surface area contributed by atoms with Crippen molar-refractivity contribution >= 4 is 27.5 Å². The molecule has 1 heterocycles. The molecule has 5 fully saturated rings. The zero-order valence-electron chi connectivity index (χ0n) is 19.9. The summed E-state index contributed by atoms with van der Waals surface area (Å²) < 4.78 is 27.8. The first-order valence-electron chi connectivity index (χ1n) is 12.5. The molecule has 184 valence electrons. The molecule has 2 amide bonds. The maximum Gasteiger partial charge on any atom is 0.243 e. The van der Waals surface area contributed by atoms with E-state index in [2.05, 4.69) is 17.2 Å². The Hall–Kier alpha value is -2.19. The summed E-state index contributed by atoms with van der Waals surface area (Å²) in [5.74, 6) is 1.95. The molecule has 0 atom stereocenters. The van der Waals surface area contributed by atoms with Crippen molar-refractivity contribution in [2.75, 3.05) is 18.4 Å². The van der Waals surface area contributed by atoms with Gasteiger partial charge in [0.05, 0.1) is 10.3 Å². The number of nitrogens with zero attached hydrogens (tertiary/aromatic N) is 1. The molecule has 4 aliphatic carbocycles. The number of nitrogens with one attached hydrogen (secondary N) is 2. The molecule has 4 bridgehead atoms. The van der Waals surface area contributed by atoms with E-state index >= 15 is 0 Å². The van der Waals surface area contributed by atoms with Gasteiger partial charge in [-0.2, -0.15) is 4.31 Å². The van der Waals surface area contributed by atoms with Crippen LogP contribution in [-0.4, -0.2) is 43.2 Å². The third-order valence-electron chi connectivity index (χ3n) is 8.71. The molecule has 1 aromatic rings. The van der Waals surface area contributed by atoms with Gasteiger partial charge in [-0.25, -0.2) is 8.42 Å². The van der Waals surface area contributed by atoms with E-state index in [1.165, 1.54) is 29.6 Å². The average Bonchev–Trinajstić information content (AvgIpc) is 2.78. The lowest BCUT2D eigenvalue weighted by Crippen LogP contribution is -2.53. The van der Waals surface area contributed by atoms with Crippen molar-refractivity contribution in [2.45, 2.75) is 68.7 Å². The fourth-order valence-corrected chi connectivity index (χ4v) is 8.65. The van der Waals surface area contributed by atoms with Crippen LogP contribution < -0.4 is 10.6 Å². The average molecular weight is 486 g/mol. The van der Waals surface area contributed by atoms with Gasteiger partial charge in [0.25, 0.3) is 0 Å². The minimum Gasteiger partial charge on any atom is -0.347 e. The predicted molar refractivity (Wildman–Crippen MR) is 130 cm³/mol. The summed E-state index contributed by atoms with van der Waals surface area (Å²) in [5, 5.41) is 6.01. The maximum absolute atomic E-state index is 13.3. The second-order valence-corrected chi connectivity index (χ2v) is 13.3. The van der Waals surface area contributed by atoms with Crippen LogP contribution in [0.25, 0.3) is 0 Å². The summed E-state index contributed by atoms with van der Waals surface area (Å²) in [5.41, 5.74) is -0.0260. The van der Waals surface area contributed by atoms with Gasteiger partial charge in [-0.3, -0.25) is 9.59 Å². The number of piperidine rings is 1. The molecular formula is C26H35N3O4S. The van der Waals surface area contributed by atoms with Gasteiger partial charge in [-0.15, -0.1) is 0 Å². The number of rotatable bonds is 6. The quantitative estimate of drug-likeness (QED) is 0.601. The summed E-state index contributed by atoms with van der Waals surface area (Å²) in [6, 6.07) is 6.56. The van der Waals surface area contributed by atoms with Gasteiger partial charge >= 0.3 is 0 Å². The molecule has 2 N–H and O–H groups in total. The van der Waals surface area contributed by atoms with E-state index < -0.39 is 15.6 Å². The molecule has 1 saturated heterocycles. The highest BCUT2D eigenvalue weighted by atomic mass is 32.2. The van der Waals surface area contributed by atoms with Gasteiger partial charge in [0.15, 0.2) is 0 Å². The smallest absolute Gasteiger partial charge is 0.243 e. The lowest BCUT2D eigenvalue weighted by Gasteiger charge is -2.55. The molecule has 4 saturated carbocycles. The van der Waals surface area contributed by atoms with Crippen LogP contribution in [0.3, 0.4) is 0 Å². The second kappa shape index (κ2) is 8.48. The van der Waals surface area contributed by atoms with Crippen molar-refractivity contribution in [3.05, 3.63) is 36.9 Å². The molecule has 6 rings (SSSR count). The van der Waals surface area contributed by atoms with Gasteiger partial charge in [0.2, 0.25) is 21.8 Å². The summed E-state index contributed by atoms with van der Waals surface area (Å²) >= 11 is 0. The van der Waals surface area contributed by atoms with Crippen molar-refractivity contribution in [3.63, 3.8) is 0 Å². The Morgan fingerprint density at radius 1 is 1.00 bits per heavy atom. The van der Waals surface area contributed by atoms with Crippen molar-refractivity contribution < 1.29 is 18.0 Å². The Morgan fingerprint density at radius 3 is 2.03 bits per heavy atom. The number of anilines is 1. The Kier molecular flexibility index (Phi) is 5.88. The first-order chi connectivity index (χ1) is 16.1. The molecule has 0 spiro atoms. The normalized spacial score (nSPS) is 32.2. The summed E-state index contributed by atoms with van der Waals surface area (Å²) in [7, 11) is -3.64.